The molecule has 0 aromatic heterocycles. The molecule has 0 aliphatic carbocycles. The Morgan fingerprint density at radius 2 is 0.690 bits per heavy atom. The van der Waals surface area contributed by atoms with E-state index in [0.717, 1.165) is 173 Å². The molecule has 0 saturated carbocycles. The van der Waals surface area contributed by atoms with Crippen LogP contribution in [0.5, 0.6) is 0 Å². The first-order chi connectivity index (χ1) is 55.1. The number of ketones is 1. The number of aliphatic hydroxyl groups is 1. The molecule has 0 bridgehead atoms. The summed E-state index contributed by atoms with van der Waals surface area (Å²) >= 11 is 0. The van der Waals surface area contributed by atoms with Crippen molar-refractivity contribution in [3.05, 3.63) is 108 Å². The van der Waals surface area contributed by atoms with E-state index in [1.54, 1.807) is 0 Å². The van der Waals surface area contributed by atoms with E-state index in [1.165, 1.54) is 100 Å². The minimum absolute atomic E-state index is 0.0329. The van der Waals surface area contributed by atoms with Crippen LogP contribution >= 0.6 is 7.60 Å². The fourth-order valence-electron chi connectivity index (χ4n) is 15.4. The van der Waals surface area contributed by atoms with Crippen LogP contribution in [-0.2, 0) is 81.0 Å². The number of aliphatic hydroxyl groups excluding tert-OH is 1. The lowest BCUT2D eigenvalue weighted by Crippen LogP contribution is -2.70. The van der Waals surface area contributed by atoms with E-state index in [9.17, 15) is 43.4 Å². The van der Waals surface area contributed by atoms with Gasteiger partial charge in [-0.3, -0.25) is 33.3 Å². The summed E-state index contributed by atoms with van der Waals surface area (Å²) in [5, 5.41) is 17.2. The van der Waals surface area contributed by atoms with Gasteiger partial charge in [0.2, 0.25) is 11.8 Å². The zero-order valence-corrected chi connectivity index (χ0v) is 71.5. The predicted octanol–water partition coefficient (Wildman–Crippen LogP) is 22.0. The molecule has 18 nitrogen and oxygen atoms in total. The number of ether oxygens (including phenoxy) is 6. The zero-order valence-electron chi connectivity index (χ0n) is 70.6. The summed E-state index contributed by atoms with van der Waals surface area (Å²) in [6.45, 7) is 5.75. The van der Waals surface area contributed by atoms with Gasteiger partial charge in [0, 0.05) is 32.1 Å². The van der Waals surface area contributed by atoms with Crippen molar-refractivity contribution in [2.75, 3.05) is 19.6 Å². The van der Waals surface area contributed by atoms with Crippen molar-refractivity contribution in [2.24, 2.45) is 0 Å². The van der Waals surface area contributed by atoms with Crippen LogP contribution in [-0.4, -0.2) is 119 Å². The Hall–Kier alpha value is -5.33. The van der Waals surface area contributed by atoms with Crippen molar-refractivity contribution in [2.45, 2.75) is 429 Å². The Bertz CT molecular complexity index is 2900. The highest BCUT2D eigenvalue weighted by molar-refractivity contribution is 7.51. The number of amides is 2. The van der Waals surface area contributed by atoms with Gasteiger partial charge in [-0.1, -0.05) is 324 Å². The van der Waals surface area contributed by atoms with Crippen molar-refractivity contribution in [1.29, 1.82) is 0 Å². The molecule has 19 heteroatoms. The summed E-state index contributed by atoms with van der Waals surface area (Å²) in [5.41, 5.74) is 3.93. The third-order valence-electron chi connectivity index (χ3n) is 22.0. The molecule has 642 valence electrons. The molecule has 3 aromatic carbocycles. The first-order valence-corrected chi connectivity index (χ1v) is 47.2. The Labute approximate surface area is 683 Å². The molecule has 0 spiro atoms. The molecular weight excluding hydrogens is 1440 g/mol. The normalized spacial score (nSPS) is 16.5. The molecule has 5 N–H and O–H groups in total. The Morgan fingerprint density at radius 1 is 0.381 bits per heavy atom. The topological polar surface area (TPSA) is 260 Å². The Morgan fingerprint density at radius 3 is 1.03 bits per heavy atom. The van der Waals surface area contributed by atoms with E-state index in [0.29, 0.717) is 51.4 Å². The lowest BCUT2D eigenvalue weighted by atomic mass is 9.92. The number of esters is 3. The largest absolute Gasteiger partial charge is 0.462 e. The van der Waals surface area contributed by atoms with E-state index in [1.807, 2.05) is 30.3 Å². The number of carbonyl (C=O) groups is 6. The summed E-state index contributed by atoms with van der Waals surface area (Å²) in [4.78, 5) is 106. The standard InChI is InChI=1S/C94H155N2O16P/c1-4-7-10-13-16-19-22-31-49-66-82(109-88(101)69-52-34-25-28-40-56-78-59-43-37-44-60-78)73-81(98)65-55-72-107-94-92(96-87(100)75-84(68-51-33-24-21-18-15-12-9-6-3)111-90(103)71-54-36-27-30-42-58-80-63-47-39-48-64-80)91(93(85(76-97)112-94)108-77-113(104,105)106)95-86(99)74-83(67-50-32-23-20-17-14-11-8-5-2)110-89(102)70-53-35-26-29-41-57-79-61-45-38-46-62-79/h37-39,43-48,59-64,82-85,91-94,97H,4-36,40-42,49-58,65-77H2,1-3H3,(H,95,99)(H,96,100)(H2,104,105,106)/t82-,83-,84-,85?,91-,92?,93-,94-/m1/s1. The lowest BCUT2D eigenvalue weighted by Gasteiger charge is -2.46. The molecule has 4 rings (SSSR count). The van der Waals surface area contributed by atoms with Crippen LogP contribution in [0.4, 0.5) is 0 Å². The first-order valence-electron chi connectivity index (χ1n) is 45.4. The van der Waals surface area contributed by atoms with Crippen molar-refractivity contribution in [3.8, 4) is 0 Å². The molecule has 0 radical (unpaired) electrons. The number of nitrogens with one attached hydrogen (secondary N) is 2. The highest BCUT2D eigenvalue weighted by Gasteiger charge is 2.49. The highest BCUT2D eigenvalue weighted by atomic mass is 31.2. The molecule has 2 amide bonds. The van der Waals surface area contributed by atoms with Gasteiger partial charge in [-0.05, 0) is 119 Å². The highest BCUT2D eigenvalue weighted by Crippen LogP contribution is 2.37. The monoisotopic (exact) mass is 1600 g/mol. The van der Waals surface area contributed by atoms with Crippen LogP contribution in [0, 0.1) is 0 Å². The number of rotatable bonds is 74. The minimum Gasteiger partial charge on any atom is -0.462 e. The number of Topliss-reactive ketones (excluding diaryl/α,β-unsaturated/α-hetero) is 1. The number of unbranched alkanes of at least 4 members (excludes halogenated alkanes) is 36. The summed E-state index contributed by atoms with van der Waals surface area (Å²) in [6.07, 6.45) is 40.1. The van der Waals surface area contributed by atoms with Crippen LogP contribution in [0.15, 0.2) is 91.0 Å². The molecule has 2 unspecified atom stereocenters. The van der Waals surface area contributed by atoms with Crippen molar-refractivity contribution in [1.82, 2.24) is 10.6 Å². The van der Waals surface area contributed by atoms with E-state index < -0.39 is 93.2 Å². The quantitative estimate of drug-likeness (QED) is 0.0152. The number of aryl methyl sites for hydroxylation is 3. The second kappa shape index (κ2) is 66.7. The number of carbonyl (C=O) groups excluding carboxylic acids is 6. The molecule has 1 aliphatic rings. The average molecular weight is 1600 g/mol. The summed E-state index contributed by atoms with van der Waals surface area (Å²) in [5.74, 6) is -2.46. The van der Waals surface area contributed by atoms with Crippen LogP contribution in [0.2, 0.25) is 0 Å². The number of hydrogen-bond donors (Lipinski definition) is 5. The van der Waals surface area contributed by atoms with Crippen LogP contribution < -0.4 is 10.6 Å². The maximum atomic E-state index is 15.0. The van der Waals surface area contributed by atoms with Gasteiger partial charge in [0.25, 0.3) is 0 Å². The third kappa shape index (κ3) is 52.9. The Kier molecular flexibility index (Phi) is 59.0. The smallest absolute Gasteiger partial charge is 0.350 e. The molecule has 3 aromatic rings. The van der Waals surface area contributed by atoms with Crippen molar-refractivity contribution >= 4 is 43.1 Å². The zero-order chi connectivity index (χ0) is 81.3. The molecular formula is C94H155N2O16P. The van der Waals surface area contributed by atoms with Gasteiger partial charge in [-0.15, -0.1) is 0 Å². The van der Waals surface area contributed by atoms with E-state index in [4.69, 9.17) is 28.4 Å². The predicted molar refractivity (Wildman–Crippen MR) is 454 cm³/mol. The van der Waals surface area contributed by atoms with Gasteiger partial charge < -0.3 is 53.9 Å². The summed E-state index contributed by atoms with van der Waals surface area (Å²) in [7, 11) is -4.92. The Balaban J connectivity index is 1.59. The molecule has 1 fully saturated rings. The van der Waals surface area contributed by atoms with Crippen LogP contribution in [0.3, 0.4) is 0 Å². The third-order valence-corrected chi connectivity index (χ3v) is 22.5. The van der Waals surface area contributed by atoms with Crippen LogP contribution in [0.1, 0.15) is 378 Å². The van der Waals surface area contributed by atoms with E-state index in [2.05, 4.69) is 92.1 Å². The van der Waals surface area contributed by atoms with E-state index in [-0.39, 0.29) is 69.7 Å². The molecule has 8 atom stereocenters. The maximum absolute atomic E-state index is 15.0. The number of benzene rings is 3. The minimum atomic E-state index is -4.92. The number of hydrogen-bond acceptors (Lipinski definition) is 14. The van der Waals surface area contributed by atoms with Gasteiger partial charge in [0.15, 0.2) is 6.29 Å². The second-order valence-corrected chi connectivity index (χ2v) is 34.0. The maximum Gasteiger partial charge on any atom is 0.350 e. The van der Waals surface area contributed by atoms with Gasteiger partial charge in [-0.25, -0.2) is 0 Å². The molecule has 1 saturated heterocycles. The van der Waals surface area contributed by atoms with Gasteiger partial charge in [0.05, 0.1) is 32.1 Å². The van der Waals surface area contributed by atoms with Gasteiger partial charge in [-0.2, -0.15) is 0 Å². The van der Waals surface area contributed by atoms with Crippen molar-refractivity contribution in [3.63, 3.8) is 0 Å². The molecule has 113 heavy (non-hydrogen) atoms. The second-order valence-electron chi connectivity index (χ2n) is 32.4. The lowest BCUT2D eigenvalue weighted by molar-refractivity contribution is -0.255. The fraction of sp³-hybridized carbons (Fsp3) is 0.745. The molecule has 1 heterocycles. The molecule has 1 aliphatic heterocycles. The average Bonchev–Trinajstić information content (AvgIpc) is 0.784. The fourth-order valence-corrected chi connectivity index (χ4v) is 15.8. The van der Waals surface area contributed by atoms with Gasteiger partial charge >= 0.3 is 25.5 Å². The summed E-state index contributed by atoms with van der Waals surface area (Å²) < 4.78 is 50.2. The SMILES string of the molecule is CCCCCCCCCCC[C@H](CC(=O)CCCO[C@@H]1OC(CO)[C@@H](OCP(=O)(O)O)[C@H](NC(=O)C[C@@H](CCCCCCCCCCC)OC(=O)CCCCCCCc2ccccc2)C1NC(=O)C[C@@H](CCCCCCCCCCC)OC(=O)CCCCCCCc1ccccc1)OC(=O)CCCCCCCc1ccccc1. The van der Waals surface area contributed by atoms with Crippen molar-refractivity contribution < 1.29 is 76.6 Å². The van der Waals surface area contributed by atoms with Gasteiger partial charge in [0.1, 0.15) is 48.7 Å². The first kappa shape index (κ1) is 100. The van der Waals surface area contributed by atoms with E-state index >= 15 is 4.79 Å². The van der Waals surface area contributed by atoms with Crippen LogP contribution in [0.25, 0.3) is 0 Å². The summed E-state index contributed by atoms with van der Waals surface area (Å²) in [6, 6.07) is 28.5.